The molecule has 98 valence electrons. The van der Waals surface area contributed by atoms with E-state index in [1.165, 1.54) is 5.19 Å². The summed E-state index contributed by atoms with van der Waals surface area (Å²) in [6.07, 6.45) is 1.63. The van der Waals surface area contributed by atoms with Crippen LogP contribution in [0.25, 0.3) is 0 Å². The molecule has 0 spiro atoms. The Kier molecular flexibility index (Phi) is 4.03. The van der Waals surface area contributed by atoms with E-state index in [0.717, 1.165) is 12.5 Å². The molecule has 0 saturated heterocycles. The third-order valence-corrected chi connectivity index (χ3v) is 7.71. The number of Topliss-reactive ketones (excluding diaryl/α,β-unsaturated/α-hetero) is 1. The summed E-state index contributed by atoms with van der Waals surface area (Å²) in [7, 11) is -1.50. The Morgan fingerprint density at radius 2 is 1.94 bits per heavy atom. The van der Waals surface area contributed by atoms with E-state index < -0.39 is 8.07 Å². The van der Waals surface area contributed by atoms with Gasteiger partial charge in [-0.15, -0.1) is 0 Å². The second-order valence-electron chi connectivity index (χ2n) is 6.01. The van der Waals surface area contributed by atoms with Gasteiger partial charge in [0, 0.05) is 12.3 Å². The van der Waals surface area contributed by atoms with Crippen molar-refractivity contribution >= 4 is 19.0 Å². The highest BCUT2D eigenvalue weighted by Gasteiger charge is 2.38. The van der Waals surface area contributed by atoms with Crippen molar-refractivity contribution in [2.45, 2.75) is 32.0 Å². The molecule has 0 amide bonds. The number of ketones is 1. The summed E-state index contributed by atoms with van der Waals surface area (Å²) in [5.74, 6) is 0.560. The SMILES string of the molecule is C[Si](C)(CC1CCC(=O)C1CO)c1ccccc1. The normalized spacial score (nSPS) is 24.5. The zero-order chi connectivity index (χ0) is 13.2. The first kappa shape index (κ1) is 13.5. The Morgan fingerprint density at radius 1 is 1.28 bits per heavy atom. The van der Waals surface area contributed by atoms with Gasteiger partial charge in [-0.05, 0) is 18.4 Å². The zero-order valence-electron chi connectivity index (χ0n) is 11.2. The van der Waals surface area contributed by atoms with Gasteiger partial charge in [-0.2, -0.15) is 0 Å². The summed E-state index contributed by atoms with van der Waals surface area (Å²) < 4.78 is 0. The fraction of sp³-hybridized carbons (Fsp3) is 0.533. The number of rotatable bonds is 4. The number of benzene rings is 1. The van der Waals surface area contributed by atoms with Crippen molar-refractivity contribution < 1.29 is 9.90 Å². The van der Waals surface area contributed by atoms with Crippen LogP contribution in [-0.2, 0) is 4.79 Å². The van der Waals surface area contributed by atoms with E-state index in [9.17, 15) is 9.90 Å². The van der Waals surface area contributed by atoms with Crippen LogP contribution in [0.1, 0.15) is 12.8 Å². The standard InChI is InChI=1S/C15H22O2Si/c1-18(2,13-6-4-3-5-7-13)11-12-8-9-15(17)14(12)10-16/h3-7,12,14,16H,8-11H2,1-2H3. The summed E-state index contributed by atoms with van der Waals surface area (Å²) in [5, 5.41) is 10.8. The lowest BCUT2D eigenvalue weighted by Crippen LogP contribution is -2.43. The van der Waals surface area contributed by atoms with E-state index >= 15 is 0 Å². The average Bonchev–Trinajstić information content (AvgIpc) is 2.70. The van der Waals surface area contributed by atoms with Gasteiger partial charge in [-0.1, -0.05) is 48.6 Å². The van der Waals surface area contributed by atoms with Gasteiger partial charge >= 0.3 is 0 Å². The van der Waals surface area contributed by atoms with Gasteiger partial charge in [0.25, 0.3) is 0 Å². The molecule has 0 aromatic heterocycles. The maximum Gasteiger partial charge on any atom is 0.138 e. The van der Waals surface area contributed by atoms with Crippen molar-refractivity contribution in [2.24, 2.45) is 11.8 Å². The van der Waals surface area contributed by atoms with Gasteiger partial charge in [-0.25, -0.2) is 0 Å². The highest BCUT2D eigenvalue weighted by molar-refractivity contribution is 6.89. The summed E-state index contributed by atoms with van der Waals surface area (Å²) >= 11 is 0. The molecule has 1 N–H and O–H groups in total. The Hall–Kier alpha value is -0.933. The molecule has 1 saturated carbocycles. The zero-order valence-corrected chi connectivity index (χ0v) is 12.2. The fourth-order valence-electron chi connectivity index (χ4n) is 3.13. The Bertz CT molecular complexity index is 414. The average molecular weight is 262 g/mol. The molecule has 1 aromatic rings. The number of hydrogen-bond acceptors (Lipinski definition) is 2. The van der Waals surface area contributed by atoms with Gasteiger partial charge in [-0.3, -0.25) is 4.79 Å². The third kappa shape index (κ3) is 2.73. The van der Waals surface area contributed by atoms with Crippen molar-refractivity contribution in [3.05, 3.63) is 30.3 Å². The lowest BCUT2D eigenvalue weighted by atomic mass is 9.98. The lowest BCUT2D eigenvalue weighted by Gasteiger charge is -2.28. The highest BCUT2D eigenvalue weighted by Crippen LogP contribution is 2.34. The molecular formula is C15H22O2Si. The van der Waals surface area contributed by atoms with Gasteiger partial charge in [0.15, 0.2) is 0 Å². The topological polar surface area (TPSA) is 37.3 Å². The first-order valence-corrected chi connectivity index (χ1v) is 9.94. The van der Waals surface area contributed by atoms with Crippen molar-refractivity contribution in [2.75, 3.05) is 6.61 Å². The minimum Gasteiger partial charge on any atom is -0.396 e. The fourth-order valence-corrected chi connectivity index (χ4v) is 6.27. The molecule has 2 rings (SSSR count). The molecule has 1 aliphatic rings. The van der Waals surface area contributed by atoms with Gasteiger partial charge in [0.1, 0.15) is 5.78 Å². The van der Waals surface area contributed by atoms with Crippen LogP contribution in [0, 0.1) is 11.8 Å². The molecule has 3 heteroatoms. The predicted octanol–water partition coefficient (Wildman–Crippen LogP) is 2.19. The highest BCUT2D eigenvalue weighted by atomic mass is 28.3. The number of aliphatic hydroxyl groups is 1. The molecule has 0 bridgehead atoms. The van der Waals surface area contributed by atoms with E-state index in [1.54, 1.807) is 0 Å². The van der Waals surface area contributed by atoms with E-state index in [1.807, 2.05) is 6.07 Å². The molecule has 18 heavy (non-hydrogen) atoms. The minimum atomic E-state index is -1.50. The van der Waals surface area contributed by atoms with Crippen molar-refractivity contribution in [1.82, 2.24) is 0 Å². The van der Waals surface area contributed by atoms with E-state index in [-0.39, 0.29) is 18.3 Å². The number of carbonyl (C=O) groups is 1. The maximum atomic E-state index is 11.7. The van der Waals surface area contributed by atoms with Crippen molar-refractivity contribution in [3.63, 3.8) is 0 Å². The van der Waals surface area contributed by atoms with E-state index in [0.29, 0.717) is 12.3 Å². The van der Waals surface area contributed by atoms with Crippen LogP contribution in [0.4, 0.5) is 0 Å². The van der Waals surface area contributed by atoms with Gasteiger partial charge in [0.2, 0.25) is 0 Å². The summed E-state index contributed by atoms with van der Waals surface area (Å²) in [6, 6.07) is 11.7. The molecule has 1 fully saturated rings. The molecule has 0 radical (unpaired) electrons. The van der Waals surface area contributed by atoms with Crippen molar-refractivity contribution in [3.8, 4) is 0 Å². The molecular weight excluding hydrogens is 240 g/mol. The molecule has 2 atom stereocenters. The monoisotopic (exact) mass is 262 g/mol. The third-order valence-electron chi connectivity index (χ3n) is 4.27. The number of carbonyl (C=O) groups excluding carboxylic acids is 1. The molecule has 1 aromatic carbocycles. The molecule has 2 nitrogen and oxygen atoms in total. The summed E-state index contributed by atoms with van der Waals surface area (Å²) in [6.45, 7) is 4.75. The van der Waals surface area contributed by atoms with E-state index in [2.05, 4.69) is 37.4 Å². The predicted molar refractivity (Wildman–Crippen MR) is 76.7 cm³/mol. The molecule has 0 heterocycles. The molecule has 2 unspecified atom stereocenters. The van der Waals surface area contributed by atoms with Crippen LogP contribution in [0.15, 0.2) is 30.3 Å². The second kappa shape index (κ2) is 5.37. The van der Waals surface area contributed by atoms with Gasteiger partial charge < -0.3 is 5.11 Å². The maximum absolute atomic E-state index is 11.7. The number of hydrogen-bond donors (Lipinski definition) is 1. The second-order valence-corrected chi connectivity index (χ2v) is 10.8. The summed E-state index contributed by atoms with van der Waals surface area (Å²) in [5.41, 5.74) is 0. The Balaban J connectivity index is 2.11. The number of aliphatic hydroxyl groups excluding tert-OH is 1. The van der Waals surface area contributed by atoms with Crippen LogP contribution in [0.2, 0.25) is 19.1 Å². The van der Waals surface area contributed by atoms with E-state index in [4.69, 9.17) is 0 Å². The van der Waals surface area contributed by atoms with Crippen molar-refractivity contribution in [1.29, 1.82) is 0 Å². The molecule has 0 aliphatic heterocycles. The van der Waals surface area contributed by atoms with Crippen LogP contribution in [0.5, 0.6) is 0 Å². The Morgan fingerprint density at radius 3 is 2.56 bits per heavy atom. The van der Waals surface area contributed by atoms with Crippen LogP contribution in [-0.4, -0.2) is 25.6 Å². The quantitative estimate of drug-likeness (QED) is 0.845. The van der Waals surface area contributed by atoms with Crippen LogP contribution < -0.4 is 5.19 Å². The van der Waals surface area contributed by atoms with Crippen LogP contribution >= 0.6 is 0 Å². The Labute approximate surface area is 110 Å². The first-order valence-electron chi connectivity index (χ1n) is 6.73. The lowest BCUT2D eigenvalue weighted by molar-refractivity contribution is -0.122. The minimum absolute atomic E-state index is 0.0305. The largest absolute Gasteiger partial charge is 0.396 e. The smallest absolute Gasteiger partial charge is 0.138 e. The first-order chi connectivity index (χ1) is 8.54. The van der Waals surface area contributed by atoms with Gasteiger partial charge in [0.05, 0.1) is 14.7 Å². The molecule has 1 aliphatic carbocycles. The van der Waals surface area contributed by atoms with Crippen LogP contribution in [0.3, 0.4) is 0 Å². The summed E-state index contributed by atoms with van der Waals surface area (Å²) in [4.78, 5) is 11.7.